The summed E-state index contributed by atoms with van der Waals surface area (Å²) in [5.41, 5.74) is 0.720. The van der Waals surface area contributed by atoms with E-state index in [1.54, 1.807) is 27.0 Å². The first-order chi connectivity index (χ1) is 10.9. The van der Waals surface area contributed by atoms with Crippen molar-refractivity contribution in [1.82, 2.24) is 9.55 Å². The third-order valence-corrected chi connectivity index (χ3v) is 3.59. The van der Waals surface area contributed by atoms with E-state index in [2.05, 4.69) is 4.98 Å². The summed E-state index contributed by atoms with van der Waals surface area (Å²) in [5.74, 6) is -0.856. The number of hydrogen-bond donors (Lipinski definition) is 0. The standard InChI is InChI=1S/C16H19ClN2O4/c1-16(2,21-3)23-14(12-6-4-5-7-13(12)17)10-22-15(20)19-9-8-18-11-19/h4-9,11,14H,10H2,1-3H3. The summed E-state index contributed by atoms with van der Waals surface area (Å²) in [7, 11) is 1.54. The predicted molar refractivity (Wildman–Crippen MR) is 85.3 cm³/mol. The van der Waals surface area contributed by atoms with Gasteiger partial charge in [-0.15, -0.1) is 0 Å². The molecular formula is C16H19ClN2O4. The summed E-state index contributed by atoms with van der Waals surface area (Å²) in [6.45, 7) is 3.54. The monoisotopic (exact) mass is 338 g/mol. The van der Waals surface area contributed by atoms with E-state index in [0.717, 1.165) is 5.56 Å². The van der Waals surface area contributed by atoms with E-state index < -0.39 is 18.0 Å². The fourth-order valence-electron chi connectivity index (χ4n) is 1.90. The minimum atomic E-state index is -0.856. The second-order valence-corrected chi connectivity index (χ2v) is 5.69. The van der Waals surface area contributed by atoms with Crippen LogP contribution in [0.1, 0.15) is 25.5 Å². The van der Waals surface area contributed by atoms with Crippen molar-refractivity contribution in [2.45, 2.75) is 25.7 Å². The van der Waals surface area contributed by atoms with Crippen LogP contribution in [0.3, 0.4) is 0 Å². The zero-order chi connectivity index (χ0) is 16.9. The normalized spacial score (nSPS) is 12.9. The Hall–Kier alpha value is -1.89. The van der Waals surface area contributed by atoms with Gasteiger partial charge in [0.05, 0.1) is 0 Å². The molecule has 124 valence electrons. The van der Waals surface area contributed by atoms with Gasteiger partial charge in [0.1, 0.15) is 19.0 Å². The molecule has 0 radical (unpaired) electrons. The van der Waals surface area contributed by atoms with E-state index in [-0.39, 0.29) is 6.61 Å². The summed E-state index contributed by atoms with van der Waals surface area (Å²) in [6, 6.07) is 7.24. The maximum Gasteiger partial charge on any atom is 0.419 e. The van der Waals surface area contributed by atoms with E-state index in [0.29, 0.717) is 5.02 Å². The van der Waals surface area contributed by atoms with Crippen LogP contribution >= 0.6 is 11.6 Å². The van der Waals surface area contributed by atoms with E-state index >= 15 is 0 Å². The molecule has 1 aromatic heterocycles. The lowest BCUT2D eigenvalue weighted by Crippen LogP contribution is -2.31. The Kier molecular flexibility index (Phi) is 5.76. The number of ether oxygens (including phenoxy) is 3. The summed E-state index contributed by atoms with van der Waals surface area (Å²) in [5, 5.41) is 0.531. The molecule has 0 amide bonds. The van der Waals surface area contributed by atoms with Gasteiger partial charge < -0.3 is 14.2 Å². The summed E-state index contributed by atoms with van der Waals surface area (Å²) < 4.78 is 17.7. The fraction of sp³-hybridized carbons (Fsp3) is 0.375. The topological polar surface area (TPSA) is 62.6 Å². The molecule has 0 aliphatic rings. The van der Waals surface area contributed by atoms with Crippen molar-refractivity contribution in [3.05, 3.63) is 53.6 Å². The van der Waals surface area contributed by atoms with Gasteiger partial charge in [-0.05, 0) is 19.9 Å². The van der Waals surface area contributed by atoms with Crippen LogP contribution in [0.25, 0.3) is 0 Å². The highest BCUT2D eigenvalue weighted by molar-refractivity contribution is 6.31. The van der Waals surface area contributed by atoms with Gasteiger partial charge in [0, 0.05) is 30.1 Å². The number of benzene rings is 1. The minimum absolute atomic E-state index is 0.00641. The molecule has 0 spiro atoms. The Morgan fingerprint density at radius 1 is 1.39 bits per heavy atom. The van der Waals surface area contributed by atoms with Crippen molar-refractivity contribution in [3.8, 4) is 0 Å². The minimum Gasteiger partial charge on any atom is -0.446 e. The first-order valence-electron chi connectivity index (χ1n) is 7.05. The number of carbonyl (C=O) groups excluding carboxylic acids is 1. The van der Waals surface area contributed by atoms with Gasteiger partial charge in [-0.1, -0.05) is 29.8 Å². The molecule has 0 bridgehead atoms. The van der Waals surface area contributed by atoms with Gasteiger partial charge in [-0.3, -0.25) is 0 Å². The maximum atomic E-state index is 11.9. The average molecular weight is 339 g/mol. The Bertz CT molecular complexity index is 643. The first kappa shape index (κ1) is 17.5. The molecule has 0 fully saturated rings. The zero-order valence-electron chi connectivity index (χ0n) is 13.2. The average Bonchev–Trinajstić information content (AvgIpc) is 3.06. The molecule has 6 nitrogen and oxygen atoms in total. The predicted octanol–water partition coefficient (Wildman–Crippen LogP) is 3.66. The van der Waals surface area contributed by atoms with Gasteiger partial charge in [0.25, 0.3) is 0 Å². The van der Waals surface area contributed by atoms with Crippen molar-refractivity contribution in [1.29, 1.82) is 0 Å². The summed E-state index contributed by atoms with van der Waals surface area (Å²) in [6.07, 6.45) is 3.26. The Labute approximate surface area is 139 Å². The lowest BCUT2D eigenvalue weighted by Gasteiger charge is -2.30. The smallest absolute Gasteiger partial charge is 0.419 e. The quantitative estimate of drug-likeness (QED) is 0.752. The van der Waals surface area contributed by atoms with Crippen LogP contribution in [0, 0.1) is 0 Å². The molecule has 1 atom stereocenters. The number of carbonyl (C=O) groups is 1. The summed E-state index contributed by atoms with van der Waals surface area (Å²) >= 11 is 6.23. The van der Waals surface area contributed by atoms with Gasteiger partial charge >= 0.3 is 6.09 Å². The first-order valence-corrected chi connectivity index (χ1v) is 7.43. The molecule has 0 aliphatic heterocycles. The molecule has 7 heteroatoms. The van der Waals surface area contributed by atoms with Crippen LogP contribution in [0.5, 0.6) is 0 Å². The SMILES string of the molecule is COC(C)(C)OC(COC(=O)n1ccnc1)c1ccccc1Cl. The Balaban J connectivity index is 2.14. The van der Waals surface area contributed by atoms with Crippen LogP contribution in [0.2, 0.25) is 5.02 Å². The largest absolute Gasteiger partial charge is 0.446 e. The molecule has 1 aromatic carbocycles. The lowest BCUT2D eigenvalue weighted by atomic mass is 10.1. The molecule has 2 aromatic rings. The van der Waals surface area contributed by atoms with Crippen LogP contribution in [0.15, 0.2) is 43.0 Å². The number of nitrogens with zero attached hydrogens (tertiary/aromatic N) is 2. The maximum absolute atomic E-state index is 11.9. The van der Waals surface area contributed by atoms with Gasteiger partial charge in [-0.2, -0.15) is 0 Å². The number of aromatic nitrogens is 2. The Morgan fingerprint density at radius 2 is 2.13 bits per heavy atom. The molecule has 1 heterocycles. The number of methoxy groups -OCH3 is 1. The molecule has 1 unspecified atom stereocenters. The molecule has 0 saturated carbocycles. The zero-order valence-corrected chi connectivity index (χ0v) is 14.0. The van der Waals surface area contributed by atoms with Crippen molar-refractivity contribution >= 4 is 17.7 Å². The molecule has 0 saturated heterocycles. The van der Waals surface area contributed by atoms with E-state index in [1.807, 2.05) is 18.2 Å². The highest BCUT2D eigenvalue weighted by Gasteiger charge is 2.27. The van der Waals surface area contributed by atoms with E-state index in [1.165, 1.54) is 23.3 Å². The molecular weight excluding hydrogens is 320 g/mol. The number of rotatable bonds is 6. The molecule has 23 heavy (non-hydrogen) atoms. The van der Waals surface area contributed by atoms with Crippen LogP contribution < -0.4 is 0 Å². The highest BCUT2D eigenvalue weighted by Crippen LogP contribution is 2.30. The second kappa shape index (κ2) is 7.59. The fourth-order valence-corrected chi connectivity index (χ4v) is 2.16. The van der Waals surface area contributed by atoms with Crippen molar-refractivity contribution < 1.29 is 19.0 Å². The van der Waals surface area contributed by atoms with Crippen LogP contribution in [-0.2, 0) is 14.2 Å². The highest BCUT2D eigenvalue weighted by atomic mass is 35.5. The summed E-state index contributed by atoms with van der Waals surface area (Å²) in [4.78, 5) is 15.7. The van der Waals surface area contributed by atoms with Crippen LogP contribution in [-0.4, -0.2) is 35.1 Å². The molecule has 0 aliphatic carbocycles. The number of imidazole rings is 1. The van der Waals surface area contributed by atoms with E-state index in [9.17, 15) is 4.79 Å². The second-order valence-electron chi connectivity index (χ2n) is 5.28. The van der Waals surface area contributed by atoms with Crippen molar-refractivity contribution in [3.63, 3.8) is 0 Å². The molecule has 2 rings (SSSR count). The third kappa shape index (κ3) is 4.79. The van der Waals surface area contributed by atoms with E-state index in [4.69, 9.17) is 25.8 Å². The Morgan fingerprint density at radius 3 is 2.74 bits per heavy atom. The number of hydrogen-bond acceptors (Lipinski definition) is 5. The van der Waals surface area contributed by atoms with Crippen LogP contribution in [0.4, 0.5) is 4.79 Å². The third-order valence-electron chi connectivity index (χ3n) is 3.24. The van der Waals surface area contributed by atoms with Crippen molar-refractivity contribution in [2.24, 2.45) is 0 Å². The number of halogens is 1. The van der Waals surface area contributed by atoms with Gasteiger partial charge in [-0.25, -0.2) is 14.3 Å². The lowest BCUT2D eigenvalue weighted by molar-refractivity contribution is -0.231. The molecule has 0 N–H and O–H groups in total. The van der Waals surface area contributed by atoms with Crippen molar-refractivity contribution in [2.75, 3.05) is 13.7 Å². The van der Waals surface area contributed by atoms with Gasteiger partial charge in [0.2, 0.25) is 0 Å². The van der Waals surface area contributed by atoms with Gasteiger partial charge in [0.15, 0.2) is 5.79 Å².